The van der Waals surface area contributed by atoms with Crippen LogP contribution in [0.2, 0.25) is 0 Å². The van der Waals surface area contributed by atoms with Gasteiger partial charge in [0.1, 0.15) is 5.82 Å². The van der Waals surface area contributed by atoms with Gasteiger partial charge in [0.05, 0.1) is 0 Å². The van der Waals surface area contributed by atoms with E-state index in [4.69, 9.17) is 0 Å². The molecule has 0 saturated carbocycles. The third-order valence-corrected chi connectivity index (χ3v) is 3.29. The lowest BCUT2D eigenvalue weighted by Gasteiger charge is -2.08. The van der Waals surface area contributed by atoms with E-state index in [1.54, 1.807) is 0 Å². The molecule has 0 aliphatic heterocycles. The molecule has 0 bridgehead atoms. The fraction of sp³-hybridized carbons (Fsp3) is 0.143. The van der Waals surface area contributed by atoms with Crippen molar-refractivity contribution >= 4 is 11.8 Å². The van der Waals surface area contributed by atoms with Crippen LogP contribution in [0.15, 0.2) is 47.4 Å². The Morgan fingerprint density at radius 3 is 2.31 bits per heavy atom. The van der Waals surface area contributed by atoms with Crippen LogP contribution in [-0.4, -0.2) is 6.26 Å². The van der Waals surface area contributed by atoms with Crippen molar-refractivity contribution < 1.29 is 4.39 Å². The Labute approximate surface area is 99.5 Å². The highest BCUT2D eigenvalue weighted by atomic mass is 32.2. The maximum Gasteiger partial charge on any atom is 0.139 e. The Balaban J connectivity index is 2.55. The highest BCUT2D eigenvalue weighted by Crippen LogP contribution is 2.29. The summed E-state index contributed by atoms with van der Waals surface area (Å²) in [7, 11) is 0. The summed E-state index contributed by atoms with van der Waals surface area (Å²) >= 11 is 1.44. The van der Waals surface area contributed by atoms with Gasteiger partial charge in [-0.05, 0) is 42.0 Å². The topological polar surface area (TPSA) is 0 Å². The van der Waals surface area contributed by atoms with Crippen molar-refractivity contribution in [3.63, 3.8) is 0 Å². The van der Waals surface area contributed by atoms with Crippen molar-refractivity contribution in [3.05, 3.63) is 53.8 Å². The Morgan fingerprint density at radius 2 is 1.69 bits per heavy atom. The van der Waals surface area contributed by atoms with Gasteiger partial charge in [0.25, 0.3) is 0 Å². The van der Waals surface area contributed by atoms with Crippen LogP contribution in [0.3, 0.4) is 0 Å². The summed E-state index contributed by atoms with van der Waals surface area (Å²) in [6, 6.07) is 13.8. The summed E-state index contributed by atoms with van der Waals surface area (Å²) in [6.07, 6.45) is 1.90. The summed E-state index contributed by atoms with van der Waals surface area (Å²) in [6.45, 7) is 1.81. The van der Waals surface area contributed by atoms with Gasteiger partial charge in [-0.1, -0.05) is 30.3 Å². The zero-order valence-corrected chi connectivity index (χ0v) is 10.1. The minimum absolute atomic E-state index is 0.104. The molecule has 0 fully saturated rings. The minimum Gasteiger partial charge on any atom is -0.205 e. The monoisotopic (exact) mass is 232 g/mol. The van der Waals surface area contributed by atoms with Crippen LogP contribution in [-0.2, 0) is 0 Å². The molecular formula is C14H13FS. The standard InChI is InChI=1S/C14H13FS/c1-10-8-12(9-13(16-2)14(10)15)11-6-4-3-5-7-11/h3-9H,1-2H3. The summed E-state index contributed by atoms with van der Waals surface area (Å²) in [5.41, 5.74) is 2.90. The van der Waals surface area contributed by atoms with E-state index in [-0.39, 0.29) is 5.82 Å². The van der Waals surface area contributed by atoms with E-state index in [1.165, 1.54) is 11.8 Å². The van der Waals surface area contributed by atoms with Gasteiger partial charge in [-0.2, -0.15) is 0 Å². The van der Waals surface area contributed by atoms with Crippen LogP contribution in [0.5, 0.6) is 0 Å². The van der Waals surface area contributed by atoms with E-state index >= 15 is 0 Å². The largest absolute Gasteiger partial charge is 0.205 e. The summed E-state index contributed by atoms with van der Waals surface area (Å²) in [5, 5.41) is 0. The van der Waals surface area contributed by atoms with E-state index in [1.807, 2.05) is 55.6 Å². The molecule has 0 nitrogen and oxygen atoms in total. The fourth-order valence-electron chi connectivity index (χ4n) is 1.68. The molecule has 16 heavy (non-hydrogen) atoms. The number of hydrogen-bond donors (Lipinski definition) is 0. The average Bonchev–Trinajstić information content (AvgIpc) is 2.33. The number of halogens is 1. The number of rotatable bonds is 2. The molecule has 0 aliphatic carbocycles. The molecule has 2 aromatic rings. The number of benzene rings is 2. The highest BCUT2D eigenvalue weighted by molar-refractivity contribution is 7.98. The van der Waals surface area contributed by atoms with E-state index < -0.39 is 0 Å². The predicted molar refractivity (Wildman–Crippen MR) is 68.4 cm³/mol. The van der Waals surface area contributed by atoms with Gasteiger partial charge in [-0.15, -0.1) is 11.8 Å². The third kappa shape index (κ3) is 2.12. The van der Waals surface area contributed by atoms with Crippen molar-refractivity contribution in [3.8, 4) is 11.1 Å². The quantitative estimate of drug-likeness (QED) is 0.686. The SMILES string of the molecule is CSc1cc(-c2ccccc2)cc(C)c1F. The van der Waals surface area contributed by atoms with Gasteiger partial charge in [0, 0.05) is 4.90 Å². The van der Waals surface area contributed by atoms with Gasteiger partial charge < -0.3 is 0 Å². The summed E-state index contributed by atoms with van der Waals surface area (Å²) in [4.78, 5) is 0.707. The van der Waals surface area contributed by atoms with E-state index in [0.29, 0.717) is 10.5 Å². The molecule has 0 atom stereocenters. The minimum atomic E-state index is -0.104. The number of hydrogen-bond acceptors (Lipinski definition) is 1. The molecule has 0 saturated heterocycles. The molecule has 82 valence electrons. The van der Waals surface area contributed by atoms with Gasteiger partial charge in [-0.25, -0.2) is 4.39 Å². The molecule has 0 spiro atoms. The van der Waals surface area contributed by atoms with Crippen LogP contribution >= 0.6 is 11.8 Å². The lowest BCUT2D eigenvalue weighted by molar-refractivity contribution is 0.593. The molecule has 0 aromatic heterocycles. The Bertz CT molecular complexity index is 492. The Morgan fingerprint density at radius 1 is 1.00 bits per heavy atom. The first-order chi connectivity index (χ1) is 7.72. The van der Waals surface area contributed by atoms with Crippen LogP contribution in [0.1, 0.15) is 5.56 Å². The molecule has 2 heteroatoms. The van der Waals surface area contributed by atoms with Gasteiger partial charge in [0.2, 0.25) is 0 Å². The lowest BCUT2D eigenvalue weighted by Crippen LogP contribution is -1.88. The molecule has 0 radical (unpaired) electrons. The zero-order valence-electron chi connectivity index (χ0n) is 9.33. The molecule has 0 heterocycles. The number of thioether (sulfide) groups is 1. The van der Waals surface area contributed by atoms with Crippen molar-refractivity contribution in [2.75, 3.05) is 6.26 Å². The first-order valence-corrected chi connectivity index (χ1v) is 6.34. The summed E-state index contributed by atoms with van der Waals surface area (Å²) < 4.78 is 13.7. The smallest absolute Gasteiger partial charge is 0.139 e. The Hall–Kier alpha value is -1.28. The van der Waals surface area contributed by atoms with Crippen molar-refractivity contribution in [2.24, 2.45) is 0 Å². The molecule has 0 unspecified atom stereocenters. The molecule has 0 N–H and O–H groups in total. The van der Waals surface area contributed by atoms with Gasteiger partial charge in [0.15, 0.2) is 0 Å². The van der Waals surface area contributed by atoms with Crippen LogP contribution in [0, 0.1) is 12.7 Å². The maximum absolute atomic E-state index is 13.7. The van der Waals surface area contributed by atoms with E-state index in [2.05, 4.69) is 0 Å². The lowest BCUT2D eigenvalue weighted by atomic mass is 10.0. The van der Waals surface area contributed by atoms with Gasteiger partial charge in [-0.3, -0.25) is 0 Å². The predicted octanol–water partition coefficient (Wildman–Crippen LogP) is 4.52. The first kappa shape index (κ1) is 11.2. The average molecular weight is 232 g/mol. The van der Waals surface area contributed by atoms with Crippen molar-refractivity contribution in [1.82, 2.24) is 0 Å². The molecular weight excluding hydrogens is 219 g/mol. The first-order valence-electron chi connectivity index (χ1n) is 5.12. The summed E-state index contributed by atoms with van der Waals surface area (Å²) in [5.74, 6) is -0.104. The fourth-order valence-corrected chi connectivity index (χ4v) is 2.27. The molecule has 2 aromatic carbocycles. The third-order valence-electron chi connectivity index (χ3n) is 2.55. The van der Waals surface area contributed by atoms with Crippen molar-refractivity contribution in [1.29, 1.82) is 0 Å². The molecule has 2 rings (SSSR count). The Kier molecular flexibility index (Phi) is 3.30. The normalized spacial score (nSPS) is 10.4. The zero-order chi connectivity index (χ0) is 11.5. The second-order valence-electron chi connectivity index (χ2n) is 3.68. The van der Waals surface area contributed by atoms with E-state index in [0.717, 1.165) is 11.1 Å². The maximum atomic E-state index is 13.7. The van der Waals surface area contributed by atoms with E-state index in [9.17, 15) is 4.39 Å². The second kappa shape index (κ2) is 4.71. The highest BCUT2D eigenvalue weighted by Gasteiger charge is 2.07. The van der Waals surface area contributed by atoms with Crippen LogP contribution in [0.4, 0.5) is 4.39 Å². The number of aryl methyl sites for hydroxylation is 1. The second-order valence-corrected chi connectivity index (χ2v) is 4.52. The van der Waals surface area contributed by atoms with Crippen LogP contribution < -0.4 is 0 Å². The molecule has 0 aliphatic rings. The van der Waals surface area contributed by atoms with Crippen LogP contribution in [0.25, 0.3) is 11.1 Å². The van der Waals surface area contributed by atoms with Crippen molar-refractivity contribution in [2.45, 2.75) is 11.8 Å². The molecule has 0 amide bonds. The van der Waals surface area contributed by atoms with Gasteiger partial charge >= 0.3 is 0 Å².